The summed E-state index contributed by atoms with van der Waals surface area (Å²) in [5.41, 5.74) is 4.54. The Labute approximate surface area is 158 Å². The highest BCUT2D eigenvalue weighted by Gasteiger charge is 2.26. The van der Waals surface area contributed by atoms with Gasteiger partial charge in [-0.15, -0.1) is 0 Å². The molecule has 3 heterocycles. The topological polar surface area (TPSA) is 58.0 Å². The summed E-state index contributed by atoms with van der Waals surface area (Å²) in [7, 11) is 6.16. The fraction of sp³-hybridized carbons (Fsp3) is 0.368. The molecule has 2 aromatic heterocycles. The van der Waals surface area contributed by atoms with Crippen molar-refractivity contribution in [2.45, 2.75) is 16.3 Å². The number of hydrogen-bond acceptors (Lipinski definition) is 6. The van der Waals surface area contributed by atoms with Gasteiger partial charge in [-0.25, -0.2) is 0 Å². The Bertz CT molecular complexity index is 933. The molecular formula is C19H24N6S. The van der Waals surface area contributed by atoms with Crippen molar-refractivity contribution in [1.29, 1.82) is 0 Å². The van der Waals surface area contributed by atoms with Crippen LogP contribution in [0.2, 0.25) is 0 Å². The second-order valence-corrected chi connectivity index (χ2v) is 7.77. The summed E-state index contributed by atoms with van der Waals surface area (Å²) < 4.78 is 2.11. The summed E-state index contributed by atoms with van der Waals surface area (Å²) in [6.07, 6.45) is 3.79. The molecule has 0 unspecified atom stereocenters. The Morgan fingerprint density at radius 1 is 1.19 bits per heavy atom. The van der Waals surface area contributed by atoms with Crippen LogP contribution in [-0.4, -0.2) is 60.4 Å². The van der Waals surface area contributed by atoms with E-state index in [1.165, 1.54) is 26.4 Å². The Kier molecular flexibility index (Phi) is 4.84. The summed E-state index contributed by atoms with van der Waals surface area (Å²) in [5, 5.41) is 13.0. The first-order valence-corrected chi connectivity index (χ1v) is 9.69. The highest BCUT2D eigenvalue weighted by Crippen LogP contribution is 2.49. The molecule has 0 amide bonds. The zero-order valence-electron chi connectivity index (χ0n) is 15.4. The molecule has 0 saturated carbocycles. The average Bonchev–Trinajstić information content (AvgIpc) is 3.01. The molecule has 4 rings (SSSR count). The molecule has 136 valence electrons. The van der Waals surface area contributed by atoms with E-state index in [2.05, 4.69) is 57.5 Å². The highest BCUT2D eigenvalue weighted by molar-refractivity contribution is 8.00. The summed E-state index contributed by atoms with van der Waals surface area (Å²) in [5.74, 6) is 0. The van der Waals surface area contributed by atoms with Gasteiger partial charge in [-0.3, -0.25) is 9.67 Å². The normalized spacial score (nSPS) is 12.6. The van der Waals surface area contributed by atoms with Crippen LogP contribution in [0.25, 0.3) is 22.2 Å². The predicted molar refractivity (Wildman–Crippen MR) is 108 cm³/mol. The van der Waals surface area contributed by atoms with Gasteiger partial charge in [0.2, 0.25) is 0 Å². The van der Waals surface area contributed by atoms with Gasteiger partial charge < -0.3 is 15.5 Å². The summed E-state index contributed by atoms with van der Waals surface area (Å²) in [4.78, 5) is 9.00. The molecule has 0 spiro atoms. The SMILES string of the molecule is CNCCn1nc2c3c(c(NCCN(C)C)ccc31)Sc1ccncc1-2. The van der Waals surface area contributed by atoms with Crippen LogP contribution >= 0.6 is 11.8 Å². The van der Waals surface area contributed by atoms with Crippen molar-refractivity contribution in [1.82, 2.24) is 25.0 Å². The van der Waals surface area contributed by atoms with E-state index in [0.717, 1.165) is 37.4 Å². The third-order valence-electron chi connectivity index (χ3n) is 4.57. The molecule has 0 saturated heterocycles. The fourth-order valence-electron chi connectivity index (χ4n) is 3.24. The van der Waals surface area contributed by atoms with E-state index in [4.69, 9.17) is 5.10 Å². The third-order valence-corrected chi connectivity index (χ3v) is 5.77. The van der Waals surface area contributed by atoms with E-state index in [1.54, 1.807) is 0 Å². The largest absolute Gasteiger partial charge is 0.383 e. The van der Waals surface area contributed by atoms with Gasteiger partial charge in [-0.2, -0.15) is 5.10 Å². The lowest BCUT2D eigenvalue weighted by Gasteiger charge is -2.19. The molecule has 1 aromatic carbocycles. The first-order valence-electron chi connectivity index (χ1n) is 8.88. The number of nitrogens with one attached hydrogen (secondary N) is 2. The molecule has 7 heteroatoms. The molecule has 0 bridgehead atoms. The molecule has 26 heavy (non-hydrogen) atoms. The van der Waals surface area contributed by atoms with Crippen molar-refractivity contribution >= 4 is 28.4 Å². The van der Waals surface area contributed by atoms with E-state index in [9.17, 15) is 0 Å². The van der Waals surface area contributed by atoms with Crippen molar-refractivity contribution in [2.75, 3.05) is 46.1 Å². The van der Waals surface area contributed by atoms with Crippen LogP contribution in [-0.2, 0) is 6.54 Å². The van der Waals surface area contributed by atoms with Crippen LogP contribution in [0, 0.1) is 0 Å². The van der Waals surface area contributed by atoms with Crippen molar-refractivity contribution in [2.24, 2.45) is 0 Å². The van der Waals surface area contributed by atoms with Gasteiger partial charge >= 0.3 is 0 Å². The fourth-order valence-corrected chi connectivity index (χ4v) is 4.40. The van der Waals surface area contributed by atoms with Gasteiger partial charge in [0.25, 0.3) is 0 Å². The zero-order valence-corrected chi connectivity index (χ0v) is 16.2. The van der Waals surface area contributed by atoms with Gasteiger partial charge in [-0.05, 0) is 39.3 Å². The van der Waals surface area contributed by atoms with Crippen LogP contribution in [0.4, 0.5) is 5.69 Å². The second kappa shape index (κ2) is 7.26. The van der Waals surface area contributed by atoms with Crippen molar-refractivity contribution < 1.29 is 0 Å². The minimum absolute atomic E-state index is 0.847. The van der Waals surface area contributed by atoms with E-state index in [-0.39, 0.29) is 0 Å². The third kappa shape index (κ3) is 3.06. The van der Waals surface area contributed by atoms with Crippen molar-refractivity contribution in [3.63, 3.8) is 0 Å². The van der Waals surface area contributed by atoms with Gasteiger partial charge in [0, 0.05) is 58.5 Å². The molecule has 3 aromatic rings. The van der Waals surface area contributed by atoms with Crippen LogP contribution in [0.15, 0.2) is 40.4 Å². The number of nitrogens with zero attached hydrogens (tertiary/aromatic N) is 4. The minimum atomic E-state index is 0.847. The van der Waals surface area contributed by atoms with Crippen LogP contribution < -0.4 is 10.6 Å². The number of anilines is 1. The maximum atomic E-state index is 4.94. The van der Waals surface area contributed by atoms with E-state index >= 15 is 0 Å². The standard InChI is InChI=1S/C19H24N6S/c1-20-8-11-25-15-5-4-14(22-9-10-24(2)3)19-17(15)18(23-25)13-12-21-7-6-16(13)26-19/h4-7,12,20,22H,8-11H2,1-3H3. The number of rotatable bonds is 7. The number of hydrogen-bond donors (Lipinski definition) is 2. The van der Waals surface area contributed by atoms with Crippen LogP contribution in [0.1, 0.15) is 0 Å². The Morgan fingerprint density at radius 2 is 2.08 bits per heavy atom. The number of likely N-dealkylation sites (N-methyl/N-ethyl adjacent to an activating group) is 2. The van der Waals surface area contributed by atoms with E-state index < -0.39 is 0 Å². The summed E-state index contributed by atoms with van der Waals surface area (Å²) in [6, 6.07) is 6.46. The molecular weight excluding hydrogens is 344 g/mol. The lowest BCUT2D eigenvalue weighted by atomic mass is 10.1. The van der Waals surface area contributed by atoms with E-state index in [0.29, 0.717) is 0 Å². The minimum Gasteiger partial charge on any atom is -0.383 e. The van der Waals surface area contributed by atoms with Crippen LogP contribution in [0.3, 0.4) is 0 Å². The second-order valence-electron chi connectivity index (χ2n) is 6.72. The number of benzene rings is 1. The number of pyridine rings is 1. The van der Waals surface area contributed by atoms with Gasteiger partial charge in [-0.1, -0.05) is 11.8 Å². The quantitative estimate of drug-likeness (QED) is 0.523. The Hall–Kier alpha value is -2.09. The monoisotopic (exact) mass is 368 g/mol. The summed E-state index contributed by atoms with van der Waals surface area (Å²) in [6.45, 7) is 3.65. The Morgan fingerprint density at radius 3 is 2.88 bits per heavy atom. The maximum Gasteiger partial charge on any atom is 0.104 e. The molecule has 2 N–H and O–H groups in total. The molecule has 0 fully saturated rings. The average molecular weight is 369 g/mol. The van der Waals surface area contributed by atoms with Crippen molar-refractivity contribution in [3.05, 3.63) is 30.6 Å². The smallest absolute Gasteiger partial charge is 0.104 e. The molecule has 0 atom stereocenters. The highest BCUT2D eigenvalue weighted by atomic mass is 32.2. The van der Waals surface area contributed by atoms with Crippen molar-refractivity contribution in [3.8, 4) is 11.3 Å². The van der Waals surface area contributed by atoms with Gasteiger partial charge in [0.05, 0.1) is 12.1 Å². The molecule has 0 radical (unpaired) electrons. The summed E-state index contributed by atoms with van der Waals surface area (Å²) >= 11 is 1.81. The predicted octanol–water partition coefficient (Wildman–Crippen LogP) is 2.76. The van der Waals surface area contributed by atoms with E-state index in [1.807, 2.05) is 31.2 Å². The Balaban J connectivity index is 1.82. The molecule has 1 aliphatic heterocycles. The maximum absolute atomic E-state index is 4.94. The number of aromatic nitrogens is 3. The zero-order chi connectivity index (χ0) is 18.1. The van der Waals surface area contributed by atoms with Gasteiger partial charge in [0.1, 0.15) is 5.69 Å². The van der Waals surface area contributed by atoms with Gasteiger partial charge in [0.15, 0.2) is 0 Å². The molecule has 0 aliphatic carbocycles. The lowest BCUT2D eigenvalue weighted by molar-refractivity contribution is 0.425. The molecule has 1 aliphatic rings. The van der Waals surface area contributed by atoms with Crippen LogP contribution in [0.5, 0.6) is 0 Å². The first kappa shape index (κ1) is 17.3. The molecule has 6 nitrogen and oxygen atoms in total. The first-order chi connectivity index (χ1) is 12.7. The number of fused-ring (bicyclic) bond motifs is 2. The lowest BCUT2D eigenvalue weighted by Crippen LogP contribution is -2.21.